The van der Waals surface area contributed by atoms with Gasteiger partial charge in [-0.25, -0.2) is 9.97 Å². The van der Waals surface area contributed by atoms with Crippen LogP contribution in [0.3, 0.4) is 0 Å². The zero-order valence-electron chi connectivity index (χ0n) is 8.01. The number of ether oxygens (including phenoxy) is 1. The molecule has 2 aromatic rings. The Balaban J connectivity index is 2.34. The van der Waals surface area contributed by atoms with Crippen LogP contribution in [0, 0.1) is 0 Å². The third-order valence-corrected chi connectivity index (χ3v) is 2.70. The van der Waals surface area contributed by atoms with Crippen LogP contribution in [-0.4, -0.2) is 22.9 Å². The van der Waals surface area contributed by atoms with Gasteiger partial charge in [-0.1, -0.05) is 6.07 Å². The van der Waals surface area contributed by atoms with E-state index < -0.39 is 0 Å². The Hall–Kier alpha value is -1.75. The molecule has 2 heterocycles. The van der Waals surface area contributed by atoms with Crippen LogP contribution >= 0.6 is 11.3 Å². The molecule has 0 atom stereocenters. The summed E-state index contributed by atoms with van der Waals surface area (Å²) in [5.74, 6) is 0.288. The molecule has 0 N–H and O–H groups in total. The van der Waals surface area contributed by atoms with Crippen LogP contribution in [0.15, 0.2) is 29.9 Å². The van der Waals surface area contributed by atoms with Crippen molar-refractivity contribution in [3.05, 3.63) is 40.5 Å². The van der Waals surface area contributed by atoms with Gasteiger partial charge in [0.05, 0.1) is 12.0 Å². The number of methoxy groups -OCH3 is 1. The normalized spacial score (nSPS) is 9.93. The summed E-state index contributed by atoms with van der Waals surface area (Å²) in [7, 11) is 1.50. The topological polar surface area (TPSA) is 52.1 Å². The average Bonchev–Trinajstić information content (AvgIpc) is 2.81. The molecule has 0 bridgehead atoms. The van der Waals surface area contributed by atoms with Gasteiger partial charge in [-0.15, -0.1) is 11.3 Å². The molecule has 2 rings (SSSR count). The van der Waals surface area contributed by atoms with Gasteiger partial charge in [0.15, 0.2) is 0 Å². The monoisotopic (exact) mass is 220 g/mol. The van der Waals surface area contributed by atoms with Gasteiger partial charge in [0.1, 0.15) is 12.0 Å². The Morgan fingerprint density at radius 1 is 1.47 bits per heavy atom. The van der Waals surface area contributed by atoms with Crippen LogP contribution in [0.1, 0.15) is 15.4 Å². The molecule has 76 valence electrons. The van der Waals surface area contributed by atoms with Crippen molar-refractivity contribution in [2.75, 3.05) is 7.11 Å². The minimum Gasteiger partial charge on any atom is -0.481 e. The molecule has 0 aliphatic rings. The first-order chi connectivity index (χ1) is 7.31. The SMILES string of the molecule is COc1cc(C(=O)c2cccs2)ncn1. The minimum absolute atomic E-state index is 0.106. The molecule has 5 heteroatoms. The summed E-state index contributed by atoms with van der Waals surface area (Å²) in [6.07, 6.45) is 1.32. The van der Waals surface area contributed by atoms with Gasteiger partial charge in [0.25, 0.3) is 0 Å². The van der Waals surface area contributed by atoms with E-state index in [9.17, 15) is 4.79 Å². The molecule has 0 radical (unpaired) electrons. The molecule has 2 aromatic heterocycles. The second-order valence-corrected chi connectivity index (χ2v) is 3.70. The maximum atomic E-state index is 11.8. The van der Waals surface area contributed by atoms with E-state index in [1.807, 2.05) is 11.4 Å². The fourth-order valence-electron chi connectivity index (χ4n) is 1.11. The van der Waals surface area contributed by atoms with E-state index in [2.05, 4.69) is 9.97 Å². The van der Waals surface area contributed by atoms with E-state index in [1.165, 1.54) is 30.8 Å². The van der Waals surface area contributed by atoms with Gasteiger partial charge in [-0.3, -0.25) is 4.79 Å². The highest BCUT2D eigenvalue weighted by atomic mass is 32.1. The smallest absolute Gasteiger partial charge is 0.221 e. The lowest BCUT2D eigenvalue weighted by molar-refractivity contribution is 0.103. The van der Waals surface area contributed by atoms with E-state index in [0.29, 0.717) is 16.5 Å². The predicted molar refractivity (Wildman–Crippen MR) is 56.3 cm³/mol. The number of rotatable bonds is 3. The van der Waals surface area contributed by atoms with Crippen LogP contribution in [-0.2, 0) is 0 Å². The summed E-state index contributed by atoms with van der Waals surface area (Å²) < 4.78 is 4.92. The lowest BCUT2D eigenvalue weighted by atomic mass is 10.2. The number of carbonyl (C=O) groups excluding carboxylic acids is 1. The van der Waals surface area contributed by atoms with Gasteiger partial charge < -0.3 is 4.74 Å². The quantitative estimate of drug-likeness (QED) is 0.740. The van der Waals surface area contributed by atoms with Crippen molar-refractivity contribution in [1.29, 1.82) is 0 Å². The average molecular weight is 220 g/mol. The molecule has 0 aromatic carbocycles. The van der Waals surface area contributed by atoms with Gasteiger partial charge >= 0.3 is 0 Å². The number of nitrogens with zero attached hydrogens (tertiary/aromatic N) is 2. The number of hydrogen-bond donors (Lipinski definition) is 0. The van der Waals surface area contributed by atoms with Crippen molar-refractivity contribution in [1.82, 2.24) is 9.97 Å². The number of carbonyl (C=O) groups is 1. The Kier molecular flexibility index (Phi) is 2.73. The molecule has 0 aliphatic heterocycles. The zero-order chi connectivity index (χ0) is 10.7. The van der Waals surface area contributed by atoms with Crippen molar-refractivity contribution in [2.45, 2.75) is 0 Å². The highest BCUT2D eigenvalue weighted by Gasteiger charge is 2.12. The van der Waals surface area contributed by atoms with Crippen LogP contribution in [0.4, 0.5) is 0 Å². The summed E-state index contributed by atoms with van der Waals surface area (Å²) in [5.41, 5.74) is 0.351. The molecule has 0 amide bonds. The molecule has 0 saturated carbocycles. The summed E-state index contributed by atoms with van der Waals surface area (Å²) in [6.45, 7) is 0. The summed E-state index contributed by atoms with van der Waals surface area (Å²) in [6, 6.07) is 5.12. The Labute approximate surface area is 90.6 Å². The fraction of sp³-hybridized carbons (Fsp3) is 0.100. The number of ketones is 1. The molecule has 0 saturated heterocycles. The minimum atomic E-state index is -0.106. The lowest BCUT2D eigenvalue weighted by Crippen LogP contribution is -2.03. The Morgan fingerprint density at radius 2 is 2.33 bits per heavy atom. The predicted octanol–water partition coefficient (Wildman–Crippen LogP) is 1.78. The van der Waals surface area contributed by atoms with Crippen molar-refractivity contribution in [3.63, 3.8) is 0 Å². The summed E-state index contributed by atoms with van der Waals surface area (Å²) in [4.78, 5) is 20.3. The van der Waals surface area contributed by atoms with Crippen molar-refractivity contribution in [3.8, 4) is 5.88 Å². The van der Waals surface area contributed by atoms with Crippen LogP contribution in [0.25, 0.3) is 0 Å². The van der Waals surface area contributed by atoms with Crippen molar-refractivity contribution < 1.29 is 9.53 Å². The van der Waals surface area contributed by atoms with Gasteiger partial charge in [0.2, 0.25) is 11.7 Å². The molecule has 0 fully saturated rings. The molecule has 0 unspecified atom stereocenters. The number of hydrogen-bond acceptors (Lipinski definition) is 5. The first-order valence-electron chi connectivity index (χ1n) is 4.25. The molecule has 0 aliphatic carbocycles. The molecule has 4 nitrogen and oxygen atoms in total. The largest absolute Gasteiger partial charge is 0.481 e. The van der Waals surface area contributed by atoms with Crippen LogP contribution < -0.4 is 4.74 Å². The maximum Gasteiger partial charge on any atom is 0.221 e. The van der Waals surface area contributed by atoms with E-state index in [-0.39, 0.29) is 5.78 Å². The highest BCUT2D eigenvalue weighted by Crippen LogP contribution is 2.15. The zero-order valence-corrected chi connectivity index (χ0v) is 8.82. The van der Waals surface area contributed by atoms with Crippen molar-refractivity contribution >= 4 is 17.1 Å². The second-order valence-electron chi connectivity index (χ2n) is 2.75. The molecule has 15 heavy (non-hydrogen) atoms. The van der Waals surface area contributed by atoms with Gasteiger partial charge in [-0.05, 0) is 11.4 Å². The molecule has 0 spiro atoms. The number of aromatic nitrogens is 2. The number of thiophene rings is 1. The van der Waals surface area contributed by atoms with Crippen LogP contribution in [0.2, 0.25) is 0 Å². The Morgan fingerprint density at radius 3 is 3.00 bits per heavy atom. The standard InChI is InChI=1S/C10H8N2O2S/c1-14-9-5-7(11-6-12-9)10(13)8-3-2-4-15-8/h2-6H,1H3. The maximum absolute atomic E-state index is 11.8. The lowest BCUT2D eigenvalue weighted by Gasteiger charge is -1.99. The molecular weight excluding hydrogens is 212 g/mol. The van der Waals surface area contributed by atoms with E-state index in [1.54, 1.807) is 6.07 Å². The van der Waals surface area contributed by atoms with Crippen LogP contribution in [0.5, 0.6) is 5.88 Å². The Bertz CT molecular complexity index is 468. The third-order valence-electron chi connectivity index (χ3n) is 1.83. The second kappa shape index (κ2) is 4.18. The summed E-state index contributed by atoms with van der Waals surface area (Å²) >= 11 is 1.39. The summed E-state index contributed by atoms with van der Waals surface area (Å²) in [5, 5.41) is 1.85. The van der Waals surface area contributed by atoms with Gasteiger partial charge in [0, 0.05) is 6.07 Å². The van der Waals surface area contributed by atoms with E-state index in [4.69, 9.17) is 4.74 Å². The first kappa shape index (κ1) is 9.79. The van der Waals surface area contributed by atoms with E-state index in [0.717, 1.165) is 0 Å². The first-order valence-corrected chi connectivity index (χ1v) is 5.13. The third kappa shape index (κ3) is 2.02. The van der Waals surface area contributed by atoms with Crippen molar-refractivity contribution in [2.24, 2.45) is 0 Å². The fourth-order valence-corrected chi connectivity index (χ4v) is 1.78. The van der Waals surface area contributed by atoms with E-state index >= 15 is 0 Å². The highest BCUT2D eigenvalue weighted by molar-refractivity contribution is 7.12. The molecular formula is C10H8N2O2S. The van der Waals surface area contributed by atoms with Gasteiger partial charge in [-0.2, -0.15) is 0 Å².